The molecule has 0 saturated carbocycles. The Kier molecular flexibility index (Phi) is 7.40. The van der Waals surface area contributed by atoms with Gasteiger partial charge in [-0.05, 0) is 68.0 Å². The molecular formula is C21H27BrO2S2. The van der Waals surface area contributed by atoms with E-state index in [1.54, 1.807) is 11.3 Å². The topological polar surface area (TPSA) is 26.3 Å². The Labute approximate surface area is 173 Å². The lowest BCUT2D eigenvalue weighted by Gasteiger charge is -2.25. The highest BCUT2D eigenvalue weighted by Gasteiger charge is 2.24. The summed E-state index contributed by atoms with van der Waals surface area (Å²) in [7, 11) is 0. The molecule has 142 valence electrons. The molecule has 2 nitrogen and oxygen atoms in total. The third-order valence-electron chi connectivity index (χ3n) is 3.91. The van der Waals surface area contributed by atoms with Gasteiger partial charge < -0.3 is 4.74 Å². The lowest BCUT2D eigenvalue weighted by atomic mass is 9.90. The van der Waals surface area contributed by atoms with Gasteiger partial charge in [0.05, 0.1) is 6.61 Å². The van der Waals surface area contributed by atoms with Gasteiger partial charge in [0.2, 0.25) is 0 Å². The Balaban J connectivity index is 2.31. The van der Waals surface area contributed by atoms with Crippen LogP contribution in [0.3, 0.4) is 0 Å². The molecule has 0 fully saturated rings. The standard InChI is InChI=1S/C21H27BrO2S2/c1-7-24-20(23)17-9-8-16(26-17)18(12-21(4,5)6)25-15-10-13(2)19(22)14(3)11-15/h8-11,18H,7,12H2,1-6H3/t18-/m1/s1. The lowest BCUT2D eigenvalue weighted by molar-refractivity contribution is 0.0532. The first kappa shape index (κ1) is 21.5. The van der Waals surface area contributed by atoms with Crippen LogP contribution in [0.2, 0.25) is 0 Å². The number of aryl methyl sites for hydroxylation is 2. The molecule has 0 N–H and O–H groups in total. The SMILES string of the molecule is CCOC(=O)c1ccc([C@@H](CC(C)(C)C)Sc2cc(C)c(Br)c(C)c2)s1. The number of ether oxygens (including phenoxy) is 1. The summed E-state index contributed by atoms with van der Waals surface area (Å²) in [6, 6.07) is 8.44. The molecule has 0 bridgehead atoms. The van der Waals surface area contributed by atoms with E-state index in [0.29, 0.717) is 16.7 Å². The predicted molar refractivity (Wildman–Crippen MR) is 117 cm³/mol. The molecule has 26 heavy (non-hydrogen) atoms. The molecule has 0 spiro atoms. The van der Waals surface area contributed by atoms with E-state index in [2.05, 4.69) is 68.7 Å². The molecule has 2 rings (SSSR count). The molecule has 1 aromatic carbocycles. The van der Waals surface area contributed by atoms with E-state index in [-0.39, 0.29) is 11.4 Å². The molecule has 2 aromatic rings. The fourth-order valence-corrected chi connectivity index (χ4v) is 5.73. The quantitative estimate of drug-likeness (QED) is 0.332. The number of thioether (sulfide) groups is 1. The minimum atomic E-state index is -0.224. The van der Waals surface area contributed by atoms with Crippen molar-refractivity contribution in [1.29, 1.82) is 0 Å². The van der Waals surface area contributed by atoms with Crippen LogP contribution in [0.15, 0.2) is 33.6 Å². The molecule has 1 aromatic heterocycles. The van der Waals surface area contributed by atoms with Gasteiger partial charge in [0, 0.05) is 19.5 Å². The van der Waals surface area contributed by atoms with Gasteiger partial charge >= 0.3 is 5.97 Å². The zero-order valence-electron chi connectivity index (χ0n) is 16.3. The highest BCUT2D eigenvalue weighted by molar-refractivity contribution is 9.10. The van der Waals surface area contributed by atoms with Gasteiger partial charge in [-0.1, -0.05) is 36.7 Å². The van der Waals surface area contributed by atoms with Crippen LogP contribution in [0.4, 0.5) is 0 Å². The smallest absolute Gasteiger partial charge is 0.348 e. The van der Waals surface area contributed by atoms with Crippen molar-refractivity contribution in [2.75, 3.05) is 6.61 Å². The summed E-state index contributed by atoms with van der Waals surface area (Å²) in [6.45, 7) is 13.3. The van der Waals surface area contributed by atoms with Crippen molar-refractivity contribution < 1.29 is 9.53 Å². The second kappa shape index (κ2) is 8.94. The largest absolute Gasteiger partial charge is 0.462 e. The molecule has 0 aliphatic heterocycles. The second-order valence-corrected chi connectivity index (χ2v) is 10.8. The first-order chi connectivity index (χ1) is 12.1. The van der Waals surface area contributed by atoms with Crippen molar-refractivity contribution >= 4 is 45.0 Å². The van der Waals surface area contributed by atoms with Gasteiger partial charge in [-0.25, -0.2) is 4.79 Å². The number of carbonyl (C=O) groups excluding carboxylic acids is 1. The van der Waals surface area contributed by atoms with Gasteiger partial charge in [0.15, 0.2) is 0 Å². The molecule has 0 unspecified atom stereocenters. The summed E-state index contributed by atoms with van der Waals surface area (Å²) >= 11 is 7.09. The van der Waals surface area contributed by atoms with Crippen molar-refractivity contribution in [3.63, 3.8) is 0 Å². The fraction of sp³-hybridized carbons (Fsp3) is 0.476. The maximum Gasteiger partial charge on any atom is 0.348 e. The Morgan fingerprint density at radius 3 is 2.38 bits per heavy atom. The monoisotopic (exact) mass is 454 g/mol. The highest BCUT2D eigenvalue weighted by Crippen LogP contribution is 2.46. The molecule has 0 saturated heterocycles. The zero-order chi connectivity index (χ0) is 19.5. The van der Waals surface area contributed by atoms with Crippen LogP contribution < -0.4 is 0 Å². The average molecular weight is 455 g/mol. The number of halogens is 1. The van der Waals surface area contributed by atoms with E-state index in [9.17, 15) is 4.79 Å². The zero-order valence-corrected chi connectivity index (χ0v) is 19.5. The lowest BCUT2D eigenvalue weighted by Crippen LogP contribution is -2.09. The number of rotatable bonds is 6. The van der Waals surface area contributed by atoms with E-state index in [0.717, 1.165) is 6.42 Å². The number of hydrogen-bond acceptors (Lipinski definition) is 4. The number of benzene rings is 1. The van der Waals surface area contributed by atoms with Crippen LogP contribution in [-0.4, -0.2) is 12.6 Å². The summed E-state index contributed by atoms with van der Waals surface area (Å²) in [5.74, 6) is -0.224. The Bertz CT molecular complexity index is 752. The van der Waals surface area contributed by atoms with Crippen LogP contribution in [0, 0.1) is 19.3 Å². The number of carbonyl (C=O) groups is 1. The van der Waals surface area contributed by atoms with E-state index in [1.165, 1.54) is 25.4 Å². The first-order valence-corrected chi connectivity index (χ1v) is 11.3. The predicted octanol–water partition coefficient (Wildman–Crippen LogP) is 7.57. The molecule has 0 aliphatic rings. The number of hydrogen-bond donors (Lipinski definition) is 0. The summed E-state index contributed by atoms with van der Waals surface area (Å²) < 4.78 is 6.32. The van der Waals surface area contributed by atoms with Crippen molar-refractivity contribution in [1.82, 2.24) is 0 Å². The van der Waals surface area contributed by atoms with Crippen molar-refractivity contribution in [3.05, 3.63) is 49.6 Å². The van der Waals surface area contributed by atoms with Crippen LogP contribution in [0.1, 0.15) is 65.0 Å². The van der Waals surface area contributed by atoms with E-state index in [4.69, 9.17) is 4.74 Å². The van der Waals surface area contributed by atoms with Crippen LogP contribution >= 0.6 is 39.0 Å². The number of thiophene rings is 1. The summed E-state index contributed by atoms with van der Waals surface area (Å²) in [5.41, 5.74) is 2.70. The summed E-state index contributed by atoms with van der Waals surface area (Å²) in [6.07, 6.45) is 1.04. The van der Waals surface area contributed by atoms with Crippen LogP contribution in [0.5, 0.6) is 0 Å². The van der Waals surface area contributed by atoms with E-state index in [1.807, 2.05) is 24.8 Å². The van der Waals surface area contributed by atoms with Gasteiger partial charge in [-0.3, -0.25) is 0 Å². The van der Waals surface area contributed by atoms with Gasteiger partial charge in [0.25, 0.3) is 0 Å². The Morgan fingerprint density at radius 1 is 1.23 bits per heavy atom. The Hall–Kier alpha value is -0.780. The summed E-state index contributed by atoms with van der Waals surface area (Å²) in [5, 5.41) is 0.308. The van der Waals surface area contributed by atoms with Crippen LogP contribution in [-0.2, 0) is 4.74 Å². The van der Waals surface area contributed by atoms with Gasteiger partial charge in [-0.2, -0.15) is 0 Å². The average Bonchev–Trinajstić information content (AvgIpc) is 3.01. The highest BCUT2D eigenvalue weighted by atomic mass is 79.9. The molecule has 0 radical (unpaired) electrons. The molecule has 0 aliphatic carbocycles. The number of esters is 1. The molecular weight excluding hydrogens is 428 g/mol. The van der Waals surface area contributed by atoms with E-state index < -0.39 is 0 Å². The molecule has 1 heterocycles. The second-order valence-electron chi connectivity index (χ2n) is 7.66. The maximum atomic E-state index is 12.0. The van der Waals surface area contributed by atoms with Crippen molar-refractivity contribution in [3.8, 4) is 0 Å². The molecule has 5 heteroatoms. The minimum Gasteiger partial charge on any atom is -0.462 e. The minimum absolute atomic E-state index is 0.200. The third-order valence-corrected chi connectivity index (χ3v) is 7.70. The Morgan fingerprint density at radius 2 is 1.85 bits per heavy atom. The molecule has 0 amide bonds. The maximum absolute atomic E-state index is 12.0. The van der Waals surface area contributed by atoms with Gasteiger partial charge in [0.1, 0.15) is 4.88 Å². The van der Waals surface area contributed by atoms with E-state index >= 15 is 0 Å². The van der Waals surface area contributed by atoms with Gasteiger partial charge in [-0.15, -0.1) is 23.1 Å². The van der Waals surface area contributed by atoms with Crippen LogP contribution in [0.25, 0.3) is 0 Å². The summed E-state index contributed by atoms with van der Waals surface area (Å²) in [4.78, 5) is 15.2. The molecule has 1 atom stereocenters. The normalized spacial score (nSPS) is 12.9. The first-order valence-electron chi connectivity index (χ1n) is 8.81. The van der Waals surface area contributed by atoms with Crippen molar-refractivity contribution in [2.24, 2.45) is 5.41 Å². The fourth-order valence-electron chi connectivity index (χ4n) is 2.73. The van der Waals surface area contributed by atoms with Crippen molar-refractivity contribution in [2.45, 2.75) is 58.1 Å². The third kappa shape index (κ3) is 5.86.